The number of nitrogens with zero attached hydrogens (tertiary/aromatic N) is 1. The van der Waals surface area contributed by atoms with Gasteiger partial charge in [0.05, 0.1) is 4.90 Å². The van der Waals surface area contributed by atoms with Crippen molar-refractivity contribution in [3.8, 4) is 0 Å². The zero-order valence-corrected chi connectivity index (χ0v) is 16.1. The summed E-state index contributed by atoms with van der Waals surface area (Å²) in [5, 5.41) is 2.91. The van der Waals surface area contributed by atoms with Crippen molar-refractivity contribution >= 4 is 21.6 Å². The first-order valence-electron chi connectivity index (χ1n) is 9.40. The van der Waals surface area contributed by atoms with E-state index in [0.29, 0.717) is 23.7 Å². The minimum Gasteiger partial charge on any atom is -0.326 e. The lowest BCUT2D eigenvalue weighted by molar-refractivity contribution is -0.120. The first-order chi connectivity index (χ1) is 12.0. The van der Waals surface area contributed by atoms with Gasteiger partial charge in [0.1, 0.15) is 0 Å². The highest BCUT2D eigenvalue weighted by atomic mass is 32.2. The predicted molar refractivity (Wildman–Crippen MR) is 101 cm³/mol. The van der Waals surface area contributed by atoms with Crippen LogP contribution in [0.1, 0.15) is 58.8 Å². The summed E-state index contributed by atoms with van der Waals surface area (Å²) < 4.78 is 26.8. The first kappa shape index (κ1) is 19.9. The van der Waals surface area contributed by atoms with Crippen molar-refractivity contribution in [2.75, 3.05) is 18.4 Å². The summed E-state index contributed by atoms with van der Waals surface area (Å²) in [7, 11) is -3.42. The molecule has 25 heavy (non-hydrogen) atoms. The van der Waals surface area contributed by atoms with Crippen LogP contribution >= 0.6 is 0 Å². The van der Waals surface area contributed by atoms with E-state index >= 15 is 0 Å². The largest absolute Gasteiger partial charge is 0.326 e. The second-order valence-corrected chi connectivity index (χ2v) is 8.66. The summed E-state index contributed by atoms with van der Waals surface area (Å²) in [5.74, 6) is 0.0271. The van der Waals surface area contributed by atoms with Crippen molar-refractivity contribution < 1.29 is 13.2 Å². The molecule has 0 unspecified atom stereocenters. The Hall–Kier alpha value is -1.40. The zero-order chi connectivity index (χ0) is 18.3. The van der Waals surface area contributed by atoms with Crippen LogP contribution in [0.4, 0.5) is 5.69 Å². The molecular formula is C19H30N2O3S. The summed E-state index contributed by atoms with van der Waals surface area (Å²) >= 11 is 0. The molecule has 1 aromatic carbocycles. The van der Waals surface area contributed by atoms with E-state index in [4.69, 9.17) is 0 Å². The normalized spacial score (nSPS) is 17.2. The van der Waals surface area contributed by atoms with Gasteiger partial charge in [-0.2, -0.15) is 4.31 Å². The SMILES string of the molecule is CCCC[C@H](CC)C(=O)Nc1ccc(S(=O)(=O)N2CCCCC2)cc1. The van der Waals surface area contributed by atoms with Gasteiger partial charge in [-0.15, -0.1) is 0 Å². The molecule has 1 aliphatic rings. The molecule has 6 heteroatoms. The fraction of sp³-hybridized carbons (Fsp3) is 0.632. The molecule has 1 N–H and O–H groups in total. The number of carbonyl (C=O) groups is 1. The second kappa shape index (κ2) is 9.34. The second-order valence-electron chi connectivity index (χ2n) is 6.73. The summed E-state index contributed by atoms with van der Waals surface area (Å²) in [6.45, 7) is 5.33. The molecule has 1 amide bonds. The molecule has 0 radical (unpaired) electrons. The zero-order valence-electron chi connectivity index (χ0n) is 15.3. The van der Waals surface area contributed by atoms with E-state index in [1.807, 2.05) is 6.92 Å². The van der Waals surface area contributed by atoms with Gasteiger partial charge in [-0.05, 0) is 49.9 Å². The lowest BCUT2D eigenvalue weighted by Crippen LogP contribution is -2.35. The fourth-order valence-electron chi connectivity index (χ4n) is 3.18. The highest BCUT2D eigenvalue weighted by Gasteiger charge is 2.25. The van der Waals surface area contributed by atoms with Crippen molar-refractivity contribution in [1.29, 1.82) is 0 Å². The van der Waals surface area contributed by atoms with Gasteiger partial charge in [0, 0.05) is 24.7 Å². The molecular weight excluding hydrogens is 336 g/mol. The lowest BCUT2D eigenvalue weighted by atomic mass is 9.98. The van der Waals surface area contributed by atoms with Crippen LogP contribution in [0.3, 0.4) is 0 Å². The summed E-state index contributed by atoms with van der Waals surface area (Å²) in [5.41, 5.74) is 0.651. The molecule has 0 aromatic heterocycles. The highest BCUT2D eigenvalue weighted by Crippen LogP contribution is 2.22. The third-order valence-electron chi connectivity index (χ3n) is 4.84. The Morgan fingerprint density at radius 3 is 2.32 bits per heavy atom. The van der Waals surface area contributed by atoms with Gasteiger partial charge in [0.2, 0.25) is 15.9 Å². The van der Waals surface area contributed by atoms with Crippen LogP contribution in [0, 0.1) is 5.92 Å². The van der Waals surface area contributed by atoms with Gasteiger partial charge in [-0.3, -0.25) is 4.79 Å². The maximum atomic E-state index is 12.6. The van der Waals surface area contributed by atoms with E-state index in [0.717, 1.165) is 44.9 Å². The van der Waals surface area contributed by atoms with Crippen molar-refractivity contribution in [1.82, 2.24) is 4.31 Å². The van der Waals surface area contributed by atoms with Crippen molar-refractivity contribution in [2.24, 2.45) is 5.92 Å². The molecule has 1 fully saturated rings. The number of nitrogens with one attached hydrogen (secondary N) is 1. The molecule has 2 rings (SSSR count). The summed E-state index contributed by atoms with van der Waals surface area (Å²) in [6, 6.07) is 6.54. The van der Waals surface area contributed by atoms with Crippen LogP contribution in [0.5, 0.6) is 0 Å². The van der Waals surface area contributed by atoms with E-state index < -0.39 is 10.0 Å². The number of rotatable bonds is 8. The Labute approximate surface area is 151 Å². The molecule has 1 aromatic rings. The number of unbranched alkanes of at least 4 members (excludes halogenated alkanes) is 1. The van der Waals surface area contributed by atoms with E-state index in [1.165, 1.54) is 0 Å². The van der Waals surface area contributed by atoms with Crippen molar-refractivity contribution in [3.05, 3.63) is 24.3 Å². The smallest absolute Gasteiger partial charge is 0.243 e. The molecule has 0 spiro atoms. The molecule has 5 nitrogen and oxygen atoms in total. The van der Waals surface area contributed by atoms with Gasteiger partial charge in [0.25, 0.3) is 0 Å². The number of benzene rings is 1. The van der Waals surface area contributed by atoms with E-state index in [1.54, 1.807) is 28.6 Å². The third kappa shape index (κ3) is 5.28. The Morgan fingerprint density at radius 2 is 1.76 bits per heavy atom. The lowest BCUT2D eigenvalue weighted by Gasteiger charge is -2.25. The van der Waals surface area contributed by atoms with Crippen LogP contribution < -0.4 is 5.32 Å². The van der Waals surface area contributed by atoms with E-state index in [9.17, 15) is 13.2 Å². The maximum absolute atomic E-state index is 12.6. The quantitative estimate of drug-likeness (QED) is 0.756. The monoisotopic (exact) mass is 366 g/mol. The number of piperidine rings is 1. The van der Waals surface area contributed by atoms with Crippen LogP contribution in [0.25, 0.3) is 0 Å². The number of hydrogen-bond donors (Lipinski definition) is 1. The van der Waals surface area contributed by atoms with Gasteiger partial charge in [0.15, 0.2) is 0 Å². The van der Waals surface area contributed by atoms with Crippen LogP contribution in [0.15, 0.2) is 29.2 Å². The molecule has 140 valence electrons. The Bertz CT molecular complexity index is 650. The predicted octanol–water partition coefficient (Wildman–Crippen LogP) is 4.02. The van der Waals surface area contributed by atoms with Gasteiger partial charge < -0.3 is 5.32 Å². The number of anilines is 1. The molecule has 1 heterocycles. The molecule has 1 aliphatic heterocycles. The Balaban J connectivity index is 2.02. The average molecular weight is 367 g/mol. The number of hydrogen-bond acceptors (Lipinski definition) is 3. The van der Waals surface area contributed by atoms with Gasteiger partial charge in [-0.1, -0.05) is 33.1 Å². The van der Waals surface area contributed by atoms with Gasteiger partial charge in [-0.25, -0.2) is 8.42 Å². The van der Waals surface area contributed by atoms with E-state index in [-0.39, 0.29) is 11.8 Å². The molecule has 0 bridgehead atoms. The number of carbonyl (C=O) groups excluding carboxylic acids is 1. The molecule has 1 atom stereocenters. The molecule has 1 saturated heterocycles. The van der Waals surface area contributed by atoms with Crippen molar-refractivity contribution in [3.63, 3.8) is 0 Å². The van der Waals surface area contributed by atoms with E-state index in [2.05, 4.69) is 12.2 Å². The topological polar surface area (TPSA) is 66.5 Å². The minimum atomic E-state index is -3.42. The highest BCUT2D eigenvalue weighted by molar-refractivity contribution is 7.89. The molecule has 0 aliphatic carbocycles. The maximum Gasteiger partial charge on any atom is 0.243 e. The third-order valence-corrected chi connectivity index (χ3v) is 6.76. The van der Waals surface area contributed by atoms with Crippen LogP contribution in [-0.2, 0) is 14.8 Å². The van der Waals surface area contributed by atoms with Crippen molar-refractivity contribution in [2.45, 2.75) is 63.7 Å². The Kier molecular flexibility index (Phi) is 7.44. The average Bonchev–Trinajstić information content (AvgIpc) is 2.63. The van der Waals surface area contributed by atoms with Gasteiger partial charge >= 0.3 is 0 Å². The van der Waals surface area contributed by atoms with Crippen LogP contribution in [0.2, 0.25) is 0 Å². The van der Waals surface area contributed by atoms with Crippen LogP contribution in [-0.4, -0.2) is 31.7 Å². The summed E-state index contributed by atoms with van der Waals surface area (Å²) in [6.07, 6.45) is 6.75. The Morgan fingerprint density at radius 1 is 1.12 bits per heavy atom. The molecule has 0 saturated carbocycles. The number of amides is 1. The first-order valence-corrected chi connectivity index (χ1v) is 10.8. The number of sulfonamides is 1. The minimum absolute atomic E-state index is 0.0108. The summed E-state index contributed by atoms with van der Waals surface area (Å²) in [4.78, 5) is 12.6. The fourth-order valence-corrected chi connectivity index (χ4v) is 4.70. The standard InChI is InChI=1S/C19H30N2O3S/c1-3-5-9-16(4-2)19(22)20-17-10-12-18(13-11-17)25(23,24)21-14-7-6-8-15-21/h10-13,16H,3-9,14-15H2,1-2H3,(H,20,22)/t16-/m0/s1.